The summed E-state index contributed by atoms with van der Waals surface area (Å²) in [5, 5.41) is 46.3. The number of fused-ring (bicyclic) bond motifs is 2. The van der Waals surface area contributed by atoms with Gasteiger partial charge in [-0.2, -0.15) is 0 Å². The number of rotatable bonds is 19. The van der Waals surface area contributed by atoms with E-state index in [1.54, 1.807) is 48.2 Å². The van der Waals surface area contributed by atoms with E-state index in [2.05, 4.69) is 12.7 Å². The second-order valence-electron chi connectivity index (χ2n) is 13.9. The Balaban J connectivity index is 1.72. The van der Waals surface area contributed by atoms with Gasteiger partial charge in [0.05, 0.1) is 29.8 Å². The van der Waals surface area contributed by atoms with Crippen LogP contribution in [0.2, 0.25) is 0 Å². The molecule has 6 unspecified atom stereocenters. The number of aliphatic hydroxyl groups is 2. The van der Waals surface area contributed by atoms with Gasteiger partial charge in [-0.15, -0.1) is 6.58 Å². The van der Waals surface area contributed by atoms with Crippen molar-refractivity contribution in [1.29, 1.82) is 0 Å². The van der Waals surface area contributed by atoms with E-state index in [9.17, 15) is 30.2 Å². The molecule has 3 aliphatic rings. The van der Waals surface area contributed by atoms with Gasteiger partial charge in [-0.05, 0) is 92.3 Å². The van der Waals surface area contributed by atoms with E-state index in [0.717, 1.165) is 36.8 Å². The van der Waals surface area contributed by atoms with Crippen LogP contribution >= 0.6 is 0 Å². The molecular weight excluding hydrogens is 682 g/mol. The van der Waals surface area contributed by atoms with Gasteiger partial charge in [0, 0.05) is 49.8 Å². The van der Waals surface area contributed by atoms with Crippen molar-refractivity contribution in [3.05, 3.63) is 88.0 Å². The number of nitro groups is 1. The lowest BCUT2D eigenvalue weighted by atomic mass is 9.55. The molecule has 0 spiro atoms. The van der Waals surface area contributed by atoms with E-state index < -0.39 is 28.8 Å². The predicted molar refractivity (Wildman–Crippen MR) is 199 cm³/mol. The van der Waals surface area contributed by atoms with Crippen molar-refractivity contribution in [2.75, 3.05) is 33.0 Å². The number of allylic oxidation sites excluding steroid dienone is 1. The molecule has 2 aromatic rings. The molecule has 0 aromatic heterocycles. The minimum Gasteiger partial charge on any atom is -0.508 e. The van der Waals surface area contributed by atoms with Gasteiger partial charge >= 0.3 is 6.09 Å². The fourth-order valence-electron chi connectivity index (χ4n) is 8.38. The molecule has 13 heteroatoms. The topological polar surface area (TPSA) is 173 Å². The number of amides is 1. The molecule has 2 aliphatic carbocycles. The molecule has 3 N–H and O–H groups in total. The molecule has 2 aromatic carbocycles. The normalized spacial score (nSPS) is 25.0. The molecule has 6 atom stereocenters. The summed E-state index contributed by atoms with van der Waals surface area (Å²) < 4.78 is 19.5. The molecule has 53 heavy (non-hydrogen) atoms. The SMILES string of the molecule is C=CCOC12Oc3ccc(O)cc3C3C(CCCCO)C(CCCCO)C=C(C(=NOCc4ccc([N+](=O)[O-])cc4)CC1N(CCC)C(=O)OCC)C32. The zero-order chi connectivity index (χ0) is 38.0. The highest BCUT2D eigenvalue weighted by Gasteiger charge is 2.65. The van der Waals surface area contributed by atoms with Crippen LogP contribution in [-0.4, -0.2) is 81.7 Å². The largest absolute Gasteiger partial charge is 0.508 e. The molecule has 0 saturated heterocycles. The van der Waals surface area contributed by atoms with Crippen LogP contribution in [0.5, 0.6) is 11.5 Å². The Kier molecular flexibility index (Phi) is 13.9. The van der Waals surface area contributed by atoms with Crippen molar-refractivity contribution in [3.63, 3.8) is 0 Å². The fourth-order valence-corrected chi connectivity index (χ4v) is 8.38. The van der Waals surface area contributed by atoms with Crippen molar-refractivity contribution in [3.8, 4) is 11.5 Å². The van der Waals surface area contributed by atoms with Gasteiger partial charge in [0.1, 0.15) is 24.1 Å². The van der Waals surface area contributed by atoms with Crippen LogP contribution in [0, 0.1) is 27.9 Å². The van der Waals surface area contributed by atoms with Gasteiger partial charge in [-0.25, -0.2) is 4.79 Å². The Hall–Kier alpha value is -4.46. The standard InChI is InChI=1S/C40H53N3O10/c1-4-19-42(39(47)50-6-3)36-25-34(41-52-26-27-13-15-29(16-14-27)43(48)49)32-23-28(11-7-9-20-44)31(12-8-10-21-45)37-33-24-30(46)17-18-35(33)53-40(36,38(32)37)51-22-5-2/h5,13-18,23-24,28,31,36-38,44-46H,2,4,6-12,19-22,25-26H2,1,3H3. The van der Waals surface area contributed by atoms with Crippen LogP contribution < -0.4 is 4.74 Å². The molecule has 1 amide bonds. The van der Waals surface area contributed by atoms with Crippen LogP contribution in [-0.2, 0) is 20.9 Å². The number of carbonyl (C=O) groups excluding carboxylic acids is 1. The van der Waals surface area contributed by atoms with Gasteiger partial charge in [-0.3, -0.25) is 15.0 Å². The number of hydrogen-bond donors (Lipinski definition) is 3. The number of non-ortho nitro benzene ring substituents is 1. The zero-order valence-corrected chi connectivity index (χ0v) is 30.7. The van der Waals surface area contributed by atoms with Crippen LogP contribution in [0.3, 0.4) is 0 Å². The van der Waals surface area contributed by atoms with E-state index in [4.69, 9.17) is 24.2 Å². The van der Waals surface area contributed by atoms with Gasteiger partial charge in [0.25, 0.3) is 5.69 Å². The van der Waals surface area contributed by atoms with Gasteiger partial charge < -0.3 is 34.4 Å². The predicted octanol–water partition coefficient (Wildman–Crippen LogP) is 7.00. The van der Waals surface area contributed by atoms with Crippen molar-refractivity contribution >= 4 is 17.5 Å². The Morgan fingerprint density at radius 1 is 1.11 bits per heavy atom. The summed E-state index contributed by atoms with van der Waals surface area (Å²) in [6.45, 7) is 8.54. The molecule has 0 bridgehead atoms. The van der Waals surface area contributed by atoms with Crippen molar-refractivity contribution in [1.82, 2.24) is 4.90 Å². The highest BCUT2D eigenvalue weighted by atomic mass is 16.7. The molecular formula is C40H53N3O10. The third-order valence-electron chi connectivity index (χ3n) is 10.6. The van der Waals surface area contributed by atoms with Gasteiger partial charge in [0.2, 0.25) is 5.79 Å². The molecule has 288 valence electrons. The molecule has 1 aliphatic heterocycles. The molecule has 1 fully saturated rings. The summed E-state index contributed by atoms with van der Waals surface area (Å²) in [7, 11) is 0. The lowest BCUT2D eigenvalue weighted by Gasteiger charge is -2.59. The van der Waals surface area contributed by atoms with E-state index in [1.165, 1.54) is 12.1 Å². The Labute approximate surface area is 311 Å². The van der Waals surface area contributed by atoms with Crippen LogP contribution in [0.1, 0.15) is 82.3 Å². The number of benzene rings is 2. The van der Waals surface area contributed by atoms with E-state index in [0.29, 0.717) is 42.8 Å². The summed E-state index contributed by atoms with van der Waals surface area (Å²) in [6.07, 6.45) is 8.63. The Bertz CT molecular complexity index is 1630. The number of hydrogen-bond acceptors (Lipinski definition) is 11. The maximum Gasteiger partial charge on any atom is 0.410 e. The first-order valence-corrected chi connectivity index (χ1v) is 18.8. The van der Waals surface area contributed by atoms with Crippen LogP contribution in [0.25, 0.3) is 0 Å². The highest BCUT2D eigenvalue weighted by Crippen LogP contribution is 2.61. The number of aromatic hydroxyl groups is 1. The first-order valence-electron chi connectivity index (χ1n) is 18.8. The number of carbonyl (C=O) groups is 1. The van der Waals surface area contributed by atoms with E-state index >= 15 is 0 Å². The zero-order valence-electron chi connectivity index (χ0n) is 30.7. The minimum atomic E-state index is -1.42. The average molecular weight is 736 g/mol. The lowest BCUT2D eigenvalue weighted by molar-refractivity contribution is -0.384. The Morgan fingerprint density at radius 2 is 1.85 bits per heavy atom. The third-order valence-corrected chi connectivity index (χ3v) is 10.6. The molecule has 0 radical (unpaired) electrons. The maximum atomic E-state index is 13.8. The number of nitrogens with zero attached hydrogens (tertiary/aromatic N) is 3. The summed E-state index contributed by atoms with van der Waals surface area (Å²) in [5.41, 5.74) is 2.97. The number of unbranched alkanes of at least 4 members (excludes halogenated alkanes) is 2. The second kappa shape index (κ2) is 18.5. The first kappa shape index (κ1) is 39.7. The number of nitro benzene ring substituents is 1. The smallest absolute Gasteiger partial charge is 0.410 e. The van der Waals surface area contributed by atoms with Crippen molar-refractivity contribution in [2.45, 2.75) is 89.6 Å². The fraction of sp³-hybridized carbons (Fsp3) is 0.550. The lowest BCUT2D eigenvalue weighted by Crippen LogP contribution is -2.70. The first-order chi connectivity index (χ1) is 25.7. The van der Waals surface area contributed by atoms with Crippen molar-refractivity contribution < 1.29 is 44.1 Å². The molecule has 1 saturated carbocycles. The highest BCUT2D eigenvalue weighted by molar-refractivity contribution is 6.03. The van der Waals surface area contributed by atoms with Crippen LogP contribution in [0.15, 0.2) is 71.9 Å². The number of aliphatic hydroxyl groups excluding tert-OH is 2. The molecule has 1 heterocycles. The number of oxime groups is 1. The maximum absolute atomic E-state index is 13.8. The second-order valence-corrected chi connectivity index (χ2v) is 13.9. The minimum absolute atomic E-state index is 0.0217. The quantitative estimate of drug-likeness (QED) is 0.0590. The molecule has 5 rings (SSSR count). The number of ether oxygens (including phenoxy) is 3. The number of phenolic OH excluding ortho intramolecular Hbond substituents is 1. The summed E-state index contributed by atoms with van der Waals surface area (Å²) >= 11 is 0. The average Bonchev–Trinajstić information content (AvgIpc) is 3.15. The monoisotopic (exact) mass is 735 g/mol. The number of phenols is 1. The summed E-state index contributed by atoms with van der Waals surface area (Å²) in [6, 6.07) is 10.5. The Morgan fingerprint density at radius 3 is 2.51 bits per heavy atom. The third kappa shape index (κ3) is 8.69. The van der Waals surface area contributed by atoms with Gasteiger partial charge in [0.15, 0.2) is 0 Å². The van der Waals surface area contributed by atoms with Gasteiger partial charge in [-0.1, -0.05) is 37.1 Å². The molecule has 13 nitrogen and oxygen atoms in total. The van der Waals surface area contributed by atoms with Crippen LogP contribution in [0.4, 0.5) is 10.5 Å². The summed E-state index contributed by atoms with van der Waals surface area (Å²) in [4.78, 5) is 32.3. The summed E-state index contributed by atoms with van der Waals surface area (Å²) in [5.74, 6) is -1.49. The van der Waals surface area contributed by atoms with E-state index in [1.807, 2.05) is 6.92 Å². The van der Waals surface area contributed by atoms with Crippen molar-refractivity contribution in [2.24, 2.45) is 22.9 Å². The van der Waals surface area contributed by atoms with E-state index in [-0.39, 0.29) is 68.6 Å².